The lowest BCUT2D eigenvalue weighted by Gasteiger charge is -2.30. The zero-order chi connectivity index (χ0) is 13.5. The zero-order valence-corrected chi connectivity index (χ0v) is 11.3. The highest BCUT2D eigenvalue weighted by Crippen LogP contribution is 2.20. The van der Waals surface area contributed by atoms with Gasteiger partial charge in [-0.25, -0.2) is 5.48 Å². The Morgan fingerprint density at radius 2 is 1.83 bits per heavy atom. The van der Waals surface area contributed by atoms with Gasteiger partial charge < -0.3 is 4.90 Å². The maximum absolute atomic E-state index is 12.3. The molecule has 0 aromatic rings. The van der Waals surface area contributed by atoms with Gasteiger partial charge in [-0.05, 0) is 31.6 Å². The van der Waals surface area contributed by atoms with Gasteiger partial charge in [0, 0.05) is 25.4 Å². The summed E-state index contributed by atoms with van der Waals surface area (Å²) < 4.78 is 0. The molecule has 1 aliphatic rings. The molecule has 0 aromatic carbocycles. The van der Waals surface area contributed by atoms with E-state index in [0.29, 0.717) is 12.3 Å². The number of carbonyl (C=O) groups is 2. The summed E-state index contributed by atoms with van der Waals surface area (Å²) in [4.78, 5) is 25.5. The first-order valence-electron chi connectivity index (χ1n) is 6.76. The first kappa shape index (κ1) is 15.0. The molecule has 1 fully saturated rings. The molecule has 1 unspecified atom stereocenters. The molecular formula is C13H24N2O3. The van der Waals surface area contributed by atoms with Crippen LogP contribution < -0.4 is 5.48 Å². The molecule has 0 aromatic heterocycles. The molecule has 5 nitrogen and oxygen atoms in total. The summed E-state index contributed by atoms with van der Waals surface area (Å²) >= 11 is 0. The van der Waals surface area contributed by atoms with Crippen LogP contribution in [0.3, 0.4) is 0 Å². The monoisotopic (exact) mass is 256 g/mol. The normalized spacial score (nSPS) is 17.7. The van der Waals surface area contributed by atoms with E-state index in [1.807, 2.05) is 18.7 Å². The number of nitrogens with one attached hydrogen (secondary N) is 1. The molecule has 1 aliphatic heterocycles. The van der Waals surface area contributed by atoms with Crippen LogP contribution in [-0.2, 0) is 9.59 Å². The molecule has 0 saturated carbocycles. The summed E-state index contributed by atoms with van der Waals surface area (Å²) in [5.74, 6) is -0.372. The van der Waals surface area contributed by atoms with Gasteiger partial charge in [-0.3, -0.25) is 14.8 Å². The summed E-state index contributed by atoms with van der Waals surface area (Å²) in [5, 5.41) is 8.59. The number of carbonyl (C=O) groups excluding carboxylic acids is 2. The smallest absolute Gasteiger partial charge is 0.244 e. The minimum atomic E-state index is -0.481. The minimum absolute atomic E-state index is 0.0620. The first-order chi connectivity index (χ1) is 8.54. The number of amides is 2. The molecule has 2 amide bonds. The minimum Gasteiger partial charge on any atom is -0.342 e. The highest BCUT2D eigenvalue weighted by Gasteiger charge is 2.27. The van der Waals surface area contributed by atoms with Crippen LogP contribution in [0.1, 0.15) is 46.0 Å². The van der Waals surface area contributed by atoms with Crippen LogP contribution in [0.2, 0.25) is 0 Å². The molecule has 1 rings (SSSR count). The summed E-state index contributed by atoms with van der Waals surface area (Å²) in [5.41, 5.74) is 1.62. The molecule has 5 heteroatoms. The predicted molar refractivity (Wildman–Crippen MR) is 67.9 cm³/mol. The number of hydrogen-bond donors (Lipinski definition) is 2. The third-order valence-electron chi connectivity index (χ3n) is 3.33. The highest BCUT2D eigenvalue weighted by atomic mass is 16.5. The largest absolute Gasteiger partial charge is 0.342 e. The second kappa shape index (κ2) is 7.36. The van der Waals surface area contributed by atoms with Crippen LogP contribution >= 0.6 is 0 Å². The van der Waals surface area contributed by atoms with Crippen molar-refractivity contribution < 1.29 is 14.8 Å². The Morgan fingerprint density at radius 3 is 2.33 bits per heavy atom. The van der Waals surface area contributed by atoms with E-state index >= 15 is 0 Å². The molecule has 104 valence electrons. The zero-order valence-electron chi connectivity index (χ0n) is 11.3. The van der Waals surface area contributed by atoms with Crippen molar-refractivity contribution in [3.05, 3.63) is 0 Å². The Labute approximate surface area is 108 Å². The number of nitrogens with zero attached hydrogens (tertiary/aromatic N) is 1. The van der Waals surface area contributed by atoms with Gasteiger partial charge in [0.05, 0.1) is 0 Å². The van der Waals surface area contributed by atoms with E-state index < -0.39 is 5.91 Å². The fourth-order valence-corrected chi connectivity index (χ4v) is 2.48. The number of rotatable bonds is 5. The fraction of sp³-hybridized carbons (Fsp3) is 0.846. The van der Waals surface area contributed by atoms with Crippen molar-refractivity contribution in [2.45, 2.75) is 46.0 Å². The molecule has 0 spiro atoms. The molecule has 1 atom stereocenters. The molecule has 2 N–H and O–H groups in total. The van der Waals surface area contributed by atoms with Crippen molar-refractivity contribution in [2.24, 2.45) is 11.8 Å². The second-order valence-corrected chi connectivity index (χ2v) is 5.45. The Kier molecular flexibility index (Phi) is 6.12. The third-order valence-corrected chi connectivity index (χ3v) is 3.33. The highest BCUT2D eigenvalue weighted by molar-refractivity contribution is 5.85. The molecule has 18 heavy (non-hydrogen) atoms. The second-order valence-electron chi connectivity index (χ2n) is 5.45. The molecule has 1 heterocycles. The van der Waals surface area contributed by atoms with Gasteiger partial charge in [-0.2, -0.15) is 0 Å². The summed E-state index contributed by atoms with van der Waals surface area (Å²) in [6.45, 7) is 5.67. The van der Waals surface area contributed by atoms with Crippen molar-refractivity contribution in [1.82, 2.24) is 10.4 Å². The summed E-state index contributed by atoms with van der Waals surface area (Å²) in [7, 11) is 0. The van der Waals surface area contributed by atoms with E-state index in [2.05, 4.69) is 0 Å². The van der Waals surface area contributed by atoms with Gasteiger partial charge in [-0.1, -0.05) is 13.8 Å². The summed E-state index contributed by atoms with van der Waals surface area (Å²) in [6, 6.07) is 0. The average Bonchev–Trinajstić information content (AvgIpc) is 2.37. The van der Waals surface area contributed by atoms with Crippen LogP contribution in [0.4, 0.5) is 0 Å². The Balaban J connectivity index is 2.61. The molecule has 1 saturated heterocycles. The lowest BCUT2D eigenvalue weighted by Crippen LogP contribution is -2.41. The Hall–Kier alpha value is -1.10. The van der Waals surface area contributed by atoms with Crippen molar-refractivity contribution in [3.63, 3.8) is 0 Å². The lowest BCUT2D eigenvalue weighted by atomic mass is 9.92. The molecule has 0 aliphatic carbocycles. The number of likely N-dealkylation sites (tertiary alicyclic amines) is 1. The Morgan fingerprint density at radius 1 is 1.22 bits per heavy atom. The number of hydroxylamine groups is 1. The number of piperidine rings is 1. The standard InChI is InChI=1S/C13H24N2O3/c1-10(2)8-11(9-12(16)14-18)13(17)15-6-4-3-5-7-15/h10-11,18H,3-9H2,1-2H3,(H,14,16). The predicted octanol–water partition coefficient (Wildman–Crippen LogP) is 1.56. The van der Waals surface area contributed by atoms with Crippen molar-refractivity contribution in [3.8, 4) is 0 Å². The topological polar surface area (TPSA) is 69.6 Å². The van der Waals surface area contributed by atoms with Crippen LogP contribution in [0.15, 0.2) is 0 Å². The van der Waals surface area contributed by atoms with Crippen molar-refractivity contribution >= 4 is 11.8 Å². The Bertz CT molecular complexity index is 286. The van der Waals surface area contributed by atoms with Crippen LogP contribution in [0.25, 0.3) is 0 Å². The van der Waals surface area contributed by atoms with E-state index in [9.17, 15) is 9.59 Å². The van der Waals surface area contributed by atoms with Gasteiger partial charge in [0.2, 0.25) is 11.8 Å². The van der Waals surface area contributed by atoms with Crippen LogP contribution in [0, 0.1) is 11.8 Å². The van der Waals surface area contributed by atoms with E-state index in [4.69, 9.17) is 5.21 Å². The van der Waals surface area contributed by atoms with Crippen LogP contribution in [-0.4, -0.2) is 35.0 Å². The van der Waals surface area contributed by atoms with Gasteiger partial charge >= 0.3 is 0 Å². The van der Waals surface area contributed by atoms with Gasteiger partial charge in [0.1, 0.15) is 0 Å². The van der Waals surface area contributed by atoms with Crippen LogP contribution in [0.5, 0.6) is 0 Å². The van der Waals surface area contributed by atoms with Gasteiger partial charge in [0.15, 0.2) is 0 Å². The van der Waals surface area contributed by atoms with Crippen molar-refractivity contribution in [2.75, 3.05) is 13.1 Å². The third kappa shape index (κ3) is 4.64. The molecule has 0 radical (unpaired) electrons. The van der Waals surface area contributed by atoms with Gasteiger partial charge in [0.25, 0.3) is 0 Å². The van der Waals surface area contributed by atoms with Crippen molar-refractivity contribution in [1.29, 1.82) is 0 Å². The number of hydrogen-bond acceptors (Lipinski definition) is 3. The maximum atomic E-state index is 12.3. The van der Waals surface area contributed by atoms with E-state index in [1.165, 1.54) is 6.42 Å². The SMILES string of the molecule is CC(C)CC(CC(=O)NO)C(=O)N1CCCCC1. The van der Waals surface area contributed by atoms with E-state index in [1.54, 1.807) is 5.48 Å². The van der Waals surface area contributed by atoms with E-state index in [0.717, 1.165) is 25.9 Å². The fourth-order valence-electron chi connectivity index (χ4n) is 2.48. The average molecular weight is 256 g/mol. The van der Waals surface area contributed by atoms with Gasteiger partial charge in [-0.15, -0.1) is 0 Å². The first-order valence-corrected chi connectivity index (χ1v) is 6.76. The lowest BCUT2D eigenvalue weighted by molar-refractivity contribution is -0.141. The maximum Gasteiger partial charge on any atom is 0.244 e. The quantitative estimate of drug-likeness (QED) is 0.579. The molecule has 0 bridgehead atoms. The summed E-state index contributed by atoms with van der Waals surface area (Å²) in [6.07, 6.45) is 4.03. The van der Waals surface area contributed by atoms with E-state index in [-0.39, 0.29) is 18.2 Å². The molecular weight excluding hydrogens is 232 g/mol.